The quantitative estimate of drug-likeness (QED) is 0.514. The number of halogens is 1. The first-order valence-corrected chi connectivity index (χ1v) is 8.83. The Hall–Kier alpha value is -3.67. The van der Waals surface area contributed by atoms with Gasteiger partial charge in [0.05, 0.1) is 6.61 Å². The number of fused-ring (bicyclic) bond motifs is 1. The number of ether oxygens (including phenoxy) is 1. The molecular formula is C22H17FN2O3. The average Bonchev–Trinajstić information content (AvgIpc) is 3.12. The van der Waals surface area contributed by atoms with Crippen LogP contribution in [0.4, 0.5) is 10.1 Å². The van der Waals surface area contributed by atoms with Crippen LogP contribution in [0.15, 0.2) is 71.1 Å². The Kier molecular flexibility index (Phi) is 4.76. The summed E-state index contributed by atoms with van der Waals surface area (Å²) < 4.78 is 24.2. The zero-order valence-corrected chi connectivity index (χ0v) is 15.1. The van der Waals surface area contributed by atoms with Gasteiger partial charge in [-0.05, 0) is 73.7 Å². The van der Waals surface area contributed by atoms with Gasteiger partial charge in [0.25, 0.3) is 5.91 Å². The zero-order valence-electron chi connectivity index (χ0n) is 15.1. The normalized spacial score (nSPS) is 10.8. The molecular weight excluding hydrogens is 359 g/mol. The van der Waals surface area contributed by atoms with Crippen LogP contribution in [0.25, 0.3) is 22.6 Å². The van der Waals surface area contributed by atoms with Crippen molar-refractivity contribution >= 4 is 22.7 Å². The summed E-state index contributed by atoms with van der Waals surface area (Å²) >= 11 is 0. The molecule has 0 atom stereocenters. The number of nitrogens with one attached hydrogen (secondary N) is 1. The van der Waals surface area contributed by atoms with Gasteiger partial charge >= 0.3 is 0 Å². The summed E-state index contributed by atoms with van der Waals surface area (Å²) in [7, 11) is 0. The van der Waals surface area contributed by atoms with Crippen molar-refractivity contribution in [3.05, 3.63) is 78.1 Å². The summed E-state index contributed by atoms with van der Waals surface area (Å²) in [4.78, 5) is 16.8. The van der Waals surface area contributed by atoms with E-state index in [0.29, 0.717) is 34.8 Å². The molecule has 0 bridgehead atoms. The number of amides is 1. The number of aromatic nitrogens is 1. The van der Waals surface area contributed by atoms with E-state index in [4.69, 9.17) is 9.15 Å². The van der Waals surface area contributed by atoms with Crippen LogP contribution in [0.3, 0.4) is 0 Å². The van der Waals surface area contributed by atoms with E-state index in [1.807, 2.05) is 31.2 Å². The highest BCUT2D eigenvalue weighted by Gasteiger charge is 2.11. The molecule has 0 fully saturated rings. The zero-order chi connectivity index (χ0) is 19.5. The van der Waals surface area contributed by atoms with Crippen LogP contribution >= 0.6 is 0 Å². The topological polar surface area (TPSA) is 64.4 Å². The van der Waals surface area contributed by atoms with Crippen molar-refractivity contribution < 1.29 is 18.3 Å². The summed E-state index contributed by atoms with van der Waals surface area (Å²) in [5.41, 5.74) is 3.02. The summed E-state index contributed by atoms with van der Waals surface area (Å²) in [6, 6.07) is 18.1. The Balaban J connectivity index is 1.56. The molecule has 1 aromatic heterocycles. The molecule has 140 valence electrons. The number of anilines is 1. The summed E-state index contributed by atoms with van der Waals surface area (Å²) in [6.07, 6.45) is 0. The second-order valence-corrected chi connectivity index (χ2v) is 6.12. The maximum Gasteiger partial charge on any atom is 0.255 e. The number of nitrogens with zero attached hydrogens (tertiary/aromatic N) is 1. The van der Waals surface area contributed by atoms with Crippen molar-refractivity contribution in [2.45, 2.75) is 6.92 Å². The van der Waals surface area contributed by atoms with Crippen LogP contribution in [-0.2, 0) is 0 Å². The molecule has 0 saturated carbocycles. The molecule has 5 nitrogen and oxygen atoms in total. The summed E-state index contributed by atoms with van der Waals surface area (Å²) in [5.74, 6) is 0.560. The molecule has 0 radical (unpaired) electrons. The van der Waals surface area contributed by atoms with Gasteiger partial charge in [0.1, 0.15) is 17.1 Å². The van der Waals surface area contributed by atoms with E-state index in [-0.39, 0.29) is 11.7 Å². The first kappa shape index (κ1) is 17.7. The minimum Gasteiger partial charge on any atom is -0.494 e. The van der Waals surface area contributed by atoms with E-state index in [2.05, 4.69) is 10.3 Å². The lowest BCUT2D eigenvalue weighted by atomic mass is 10.2. The van der Waals surface area contributed by atoms with Crippen LogP contribution in [0.1, 0.15) is 17.3 Å². The molecule has 0 unspecified atom stereocenters. The molecule has 0 aliphatic carbocycles. The number of hydrogen-bond acceptors (Lipinski definition) is 4. The van der Waals surface area contributed by atoms with Crippen molar-refractivity contribution in [1.29, 1.82) is 0 Å². The van der Waals surface area contributed by atoms with Crippen LogP contribution in [-0.4, -0.2) is 17.5 Å². The monoisotopic (exact) mass is 376 g/mol. The fourth-order valence-electron chi connectivity index (χ4n) is 2.79. The predicted octanol–water partition coefficient (Wildman–Crippen LogP) is 5.28. The Morgan fingerprint density at radius 2 is 1.82 bits per heavy atom. The number of rotatable bonds is 5. The fourth-order valence-corrected chi connectivity index (χ4v) is 2.79. The Labute approximate surface area is 160 Å². The highest BCUT2D eigenvalue weighted by atomic mass is 19.1. The molecule has 0 aliphatic heterocycles. The van der Waals surface area contributed by atoms with Crippen molar-refractivity contribution in [2.75, 3.05) is 11.9 Å². The van der Waals surface area contributed by atoms with Crippen molar-refractivity contribution in [1.82, 2.24) is 4.98 Å². The average molecular weight is 376 g/mol. The highest BCUT2D eigenvalue weighted by molar-refractivity contribution is 6.04. The molecule has 1 amide bonds. The Morgan fingerprint density at radius 3 is 2.54 bits per heavy atom. The van der Waals surface area contributed by atoms with Crippen molar-refractivity contribution in [3.63, 3.8) is 0 Å². The predicted molar refractivity (Wildman–Crippen MR) is 105 cm³/mol. The maximum atomic E-state index is 13.0. The fraction of sp³-hybridized carbons (Fsp3) is 0.0909. The molecule has 0 spiro atoms. The van der Waals surface area contributed by atoms with E-state index in [1.165, 1.54) is 24.3 Å². The van der Waals surface area contributed by atoms with E-state index in [9.17, 15) is 9.18 Å². The third-order valence-corrected chi connectivity index (χ3v) is 4.16. The van der Waals surface area contributed by atoms with Crippen molar-refractivity contribution in [3.8, 4) is 17.2 Å². The van der Waals surface area contributed by atoms with Gasteiger partial charge in [0.2, 0.25) is 5.89 Å². The van der Waals surface area contributed by atoms with Gasteiger partial charge in [-0.2, -0.15) is 0 Å². The van der Waals surface area contributed by atoms with Gasteiger partial charge in [0, 0.05) is 16.8 Å². The minimum atomic E-state index is -0.387. The standard InChI is InChI=1S/C22H17FN2O3/c1-2-27-18-10-5-15(6-11-18)22-25-19-13-17(9-12-20(19)28-22)24-21(26)14-3-7-16(23)8-4-14/h3-13H,2H2,1H3,(H,24,26). The lowest BCUT2D eigenvalue weighted by Gasteiger charge is -2.04. The SMILES string of the molecule is CCOc1ccc(-c2nc3cc(NC(=O)c4ccc(F)cc4)ccc3o2)cc1. The molecule has 1 heterocycles. The number of benzene rings is 3. The molecule has 4 rings (SSSR count). The lowest BCUT2D eigenvalue weighted by molar-refractivity contribution is 0.102. The third kappa shape index (κ3) is 3.71. The number of carbonyl (C=O) groups excluding carboxylic acids is 1. The van der Waals surface area contributed by atoms with Gasteiger partial charge in [-0.1, -0.05) is 0 Å². The molecule has 1 N–H and O–H groups in total. The van der Waals surface area contributed by atoms with Gasteiger partial charge in [-0.15, -0.1) is 0 Å². The summed E-state index contributed by atoms with van der Waals surface area (Å²) in [5, 5.41) is 2.78. The Morgan fingerprint density at radius 1 is 1.07 bits per heavy atom. The van der Waals surface area contributed by atoms with E-state index in [0.717, 1.165) is 11.3 Å². The molecule has 6 heteroatoms. The van der Waals surface area contributed by atoms with E-state index >= 15 is 0 Å². The summed E-state index contributed by atoms with van der Waals surface area (Å²) in [6.45, 7) is 2.54. The number of carbonyl (C=O) groups is 1. The second kappa shape index (κ2) is 7.52. The van der Waals surface area contributed by atoms with Crippen LogP contribution in [0.5, 0.6) is 5.75 Å². The Bertz CT molecular complexity index is 1120. The molecule has 0 aliphatic rings. The van der Waals surface area contributed by atoms with Crippen LogP contribution < -0.4 is 10.1 Å². The first-order valence-electron chi connectivity index (χ1n) is 8.83. The second-order valence-electron chi connectivity index (χ2n) is 6.12. The highest BCUT2D eigenvalue weighted by Crippen LogP contribution is 2.27. The molecule has 0 saturated heterocycles. The third-order valence-electron chi connectivity index (χ3n) is 4.16. The van der Waals surface area contributed by atoms with E-state index < -0.39 is 0 Å². The van der Waals surface area contributed by atoms with Crippen LogP contribution in [0.2, 0.25) is 0 Å². The van der Waals surface area contributed by atoms with Crippen LogP contribution in [0, 0.1) is 5.82 Å². The molecule has 28 heavy (non-hydrogen) atoms. The molecule has 3 aromatic carbocycles. The smallest absolute Gasteiger partial charge is 0.255 e. The first-order chi connectivity index (χ1) is 13.6. The number of hydrogen-bond donors (Lipinski definition) is 1. The van der Waals surface area contributed by atoms with Gasteiger partial charge < -0.3 is 14.5 Å². The van der Waals surface area contributed by atoms with Gasteiger partial charge in [-0.25, -0.2) is 9.37 Å². The number of oxazole rings is 1. The van der Waals surface area contributed by atoms with Gasteiger partial charge in [0.15, 0.2) is 5.58 Å². The van der Waals surface area contributed by atoms with Gasteiger partial charge in [-0.3, -0.25) is 4.79 Å². The van der Waals surface area contributed by atoms with Crippen molar-refractivity contribution in [2.24, 2.45) is 0 Å². The maximum absolute atomic E-state index is 13.0. The molecule has 4 aromatic rings. The minimum absolute atomic E-state index is 0.324. The largest absolute Gasteiger partial charge is 0.494 e. The lowest BCUT2D eigenvalue weighted by Crippen LogP contribution is -2.11. The van der Waals surface area contributed by atoms with E-state index in [1.54, 1.807) is 18.2 Å².